The first-order valence-corrected chi connectivity index (χ1v) is 6.19. The molecule has 0 fully saturated rings. The highest BCUT2D eigenvalue weighted by Crippen LogP contribution is 2.17. The van der Waals surface area contributed by atoms with Gasteiger partial charge in [-0.15, -0.1) is 0 Å². The lowest BCUT2D eigenvalue weighted by molar-refractivity contribution is 0.0697. The number of aromatic carboxylic acids is 1. The molecule has 21 heavy (non-hydrogen) atoms. The second kappa shape index (κ2) is 6.51. The number of aromatic nitrogens is 1. The summed E-state index contributed by atoms with van der Waals surface area (Å²) in [6, 6.07) is 9.78. The van der Waals surface area contributed by atoms with Gasteiger partial charge >= 0.3 is 12.1 Å². The van der Waals surface area contributed by atoms with Gasteiger partial charge in [0, 0.05) is 6.20 Å². The topological polar surface area (TPSA) is 79.7 Å². The molecule has 1 aromatic carbocycles. The van der Waals surface area contributed by atoms with Crippen LogP contribution in [0.3, 0.4) is 0 Å². The highest BCUT2D eigenvalue weighted by molar-refractivity contribution is 5.88. The summed E-state index contributed by atoms with van der Waals surface area (Å²) < 4.78 is 4.77. The molecule has 1 amide bonds. The number of ether oxygens (including phenoxy) is 1. The first kappa shape index (κ1) is 14.5. The van der Waals surface area contributed by atoms with Crippen LogP contribution in [0.1, 0.15) is 15.9 Å². The summed E-state index contributed by atoms with van der Waals surface area (Å²) in [5.41, 5.74) is 1.59. The summed E-state index contributed by atoms with van der Waals surface area (Å²) in [4.78, 5) is 28.1. The van der Waals surface area contributed by atoms with Gasteiger partial charge in [0.2, 0.25) is 0 Å². The molecule has 0 atom stereocenters. The minimum Gasteiger partial charge on any atom is -0.478 e. The predicted molar refractivity (Wildman–Crippen MR) is 76.2 cm³/mol. The lowest BCUT2D eigenvalue weighted by Crippen LogP contribution is -2.30. The van der Waals surface area contributed by atoms with Crippen molar-refractivity contribution < 1.29 is 19.4 Å². The number of nitrogens with zero attached hydrogens (tertiary/aromatic N) is 2. The minimum atomic E-state index is -0.987. The van der Waals surface area contributed by atoms with Crippen molar-refractivity contribution in [2.75, 3.05) is 12.0 Å². The number of amides is 1. The molecule has 2 aromatic rings. The SMILES string of the molecule is COC(=O)N(Cc1ccc(C(=O)O)cc1)c1cccnc1. The fourth-order valence-corrected chi connectivity index (χ4v) is 1.82. The summed E-state index contributed by atoms with van der Waals surface area (Å²) in [5, 5.41) is 8.87. The molecule has 0 aliphatic rings. The standard InChI is InChI=1S/C15H14N2O4/c1-21-15(20)17(13-3-2-8-16-9-13)10-11-4-6-12(7-5-11)14(18)19/h2-9H,10H2,1H3,(H,18,19). The monoisotopic (exact) mass is 286 g/mol. The molecule has 1 N–H and O–H groups in total. The van der Waals surface area contributed by atoms with Crippen molar-refractivity contribution in [3.8, 4) is 0 Å². The fourth-order valence-electron chi connectivity index (χ4n) is 1.82. The lowest BCUT2D eigenvalue weighted by Gasteiger charge is -2.21. The van der Waals surface area contributed by atoms with E-state index in [0.717, 1.165) is 5.56 Å². The van der Waals surface area contributed by atoms with Crippen molar-refractivity contribution in [2.45, 2.75) is 6.54 Å². The number of pyridine rings is 1. The first-order valence-electron chi connectivity index (χ1n) is 6.19. The molecule has 0 saturated heterocycles. The zero-order valence-electron chi connectivity index (χ0n) is 11.4. The largest absolute Gasteiger partial charge is 0.478 e. The summed E-state index contributed by atoms with van der Waals surface area (Å²) in [6.07, 6.45) is 2.66. The highest BCUT2D eigenvalue weighted by atomic mass is 16.5. The molecule has 108 valence electrons. The number of methoxy groups -OCH3 is 1. The van der Waals surface area contributed by atoms with Gasteiger partial charge in [-0.05, 0) is 29.8 Å². The molecule has 0 aliphatic heterocycles. The van der Waals surface area contributed by atoms with E-state index in [0.29, 0.717) is 5.69 Å². The van der Waals surface area contributed by atoms with E-state index in [-0.39, 0.29) is 12.1 Å². The molecule has 1 aromatic heterocycles. The van der Waals surface area contributed by atoms with E-state index in [1.807, 2.05) is 0 Å². The Hall–Kier alpha value is -2.89. The fraction of sp³-hybridized carbons (Fsp3) is 0.133. The van der Waals surface area contributed by atoms with Gasteiger partial charge in [0.05, 0.1) is 31.1 Å². The van der Waals surface area contributed by atoms with Crippen molar-refractivity contribution >= 4 is 17.7 Å². The molecule has 1 heterocycles. The Morgan fingerprint density at radius 3 is 2.48 bits per heavy atom. The van der Waals surface area contributed by atoms with Crippen molar-refractivity contribution in [3.05, 3.63) is 59.9 Å². The molecule has 0 saturated carbocycles. The minimum absolute atomic E-state index is 0.199. The van der Waals surface area contributed by atoms with Crippen LogP contribution in [0.25, 0.3) is 0 Å². The van der Waals surface area contributed by atoms with Crippen molar-refractivity contribution in [1.29, 1.82) is 0 Å². The van der Waals surface area contributed by atoms with Gasteiger partial charge in [0.1, 0.15) is 0 Å². The predicted octanol–water partition coefficient (Wildman–Crippen LogP) is 2.55. The first-order chi connectivity index (χ1) is 10.1. The average molecular weight is 286 g/mol. The van der Waals surface area contributed by atoms with E-state index in [1.165, 1.54) is 24.1 Å². The molecule has 0 bridgehead atoms. The molecule has 0 radical (unpaired) electrons. The number of carboxylic acids is 1. The smallest absolute Gasteiger partial charge is 0.414 e. The van der Waals surface area contributed by atoms with Crippen LogP contribution in [-0.4, -0.2) is 29.3 Å². The van der Waals surface area contributed by atoms with Gasteiger partial charge < -0.3 is 9.84 Å². The third kappa shape index (κ3) is 3.56. The Morgan fingerprint density at radius 2 is 1.95 bits per heavy atom. The van der Waals surface area contributed by atoms with Crippen LogP contribution in [0, 0.1) is 0 Å². The van der Waals surface area contributed by atoms with Crippen molar-refractivity contribution in [1.82, 2.24) is 4.98 Å². The van der Waals surface area contributed by atoms with Crippen molar-refractivity contribution in [2.24, 2.45) is 0 Å². The summed E-state index contributed by atoms with van der Waals surface area (Å²) >= 11 is 0. The van der Waals surface area contributed by atoms with Crippen LogP contribution in [0.4, 0.5) is 10.5 Å². The quantitative estimate of drug-likeness (QED) is 0.934. The van der Waals surface area contributed by atoms with Crippen LogP contribution in [-0.2, 0) is 11.3 Å². The summed E-state index contributed by atoms with van der Waals surface area (Å²) in [7, 11) is 1.30. The third-order valence-corrected chi connectivity index (χ3v) is 2.89. The highest BCUT2D eigenvalue weighted by Gasteiger charge is 2.17. The van der Waals surface area contributed by atoms with E-state index < -0.39 is 12.1 Å². The molecule has 6 heteroatoms. The number of carbonyl (C=O) groups is 2. The van der Waals surface area contributed by atoms with Gasteiger partial charge in [-0.2, -0.15) is 0 Å². The molecule has 0 unspecified atom stereocenters. The molecule has 0 spiro atoms. The third-order valence-electron chi connectivity index (χ3n) is 2.89. The molecular weight excluding hydrogens is 272 g/mol. The van der Waals surface area contributed by atoms with Crippen LogP contribution < -0.4 is 4.90 Å². The number of carboxylic acid groups (broad SMARTS) is 1. The Bertz CT molecular complexity index is 626. The summed E-state index contributed by atoms with van der Waals surface area (Å²) in [6.45, 7) is 0.262. The zero-order valence-corrected chi connectivity index (χ0v) is 11.4. The maximum absolute atomic E-state index is 11.9. The number of carbonyl (C=O) groups excluding carboxylic acids is 1. The maximum atomic E-state index is 11.9. The Morgan fingerprint density at radius 1 is 1.24 bits per heavy atom. The van der Waals surface area contributed by atoms with Gasteiger partial charge in [-0.1, -0.05) is 12.1 Å². The Balaban J connectivity index is 2.23. The van der Waals surface area contributed by atoms with E-state index in [4.69, 9.17) is 9.84 Å². The second-order valence-corrected chi connectivity index (χ2v) is 4.27. The van der Waals surface area contributed by atoms with E-state index in [9.17, 15) is 9.59 Å². The number of benzene rings is 1. The normalized spacial score (nSPS) is 9.95. The van der Waals surface area contributed by atoms with Crippen LogP contribution in [0.2, 0.25) is 0 Å². The van der Waals surface area contributed by atoms with Crippen LogP contribution in [0.15, 0.2) is 48.8 Å². The molecule has 0 aliphatic carbocycles. The van der Waals surface area contributed by atoms with Gasteiger partial charge in [-0.25, -0.2) is 9.59 Å². The van der Waals surface area contributed by atoms with E-state index in [2.05, 4.69) is 4.98 Å². The molecule has 6 nitrogen and oxygen atoms in total. The number of anilines is 1. The Kier molecular flexibility index (Phi) is 4.50. The zero-order chi connectivity index (χ0) is 15.2. The van der Waals surface area contributed by atoms with E-state index in [1.54, 1.807) is 36.7 Å². The van der Waals surface area contributed by atoms with E-state index >= 15 is 0 Å². The van der Waals surface area contributed by atoms with Crippen LogP contribution >= 0.6 is 0 Å². The maximum Gasteiger partial charge on any atom is 0.414 e. The molecule has 2 rings (SSSR count). The van der Waals surface area contributed by atoms with Gasteiger partial charge in [-0.3, -0.25) is 9.88 Å². The van der Waals surface area contributed by atoms with Gasteiger partial charge in [0.25, 0.3) is 0 Å². The average Bonchev–Trinajstić information content (AvgIpc) is 2.53. The second-order valence-electron chi connectivity index (χ2n) is 4.27. The number of rotatable bonds is 4. The van der Waals surface area contributed by atoms with Crippen LogP contribution in [0.5, 0.6) is 0 Å². The lowest BCUT2D eigenvalue weighted by atomic mass is 10.1. The van der Waals surface area contributed by atoms with Crippen molar-refractivity contribution in [3.63, 3.8) is 0 Å². The summed E-state index contributed by atoms with van der Waals surface area (Å²) in [5.74, 6) is -0.987. The number of hydrogen-bond donors (Lipinski definition) is 1. The number of hydrogen-bond acceptors (Lipinski definition) is 4. The Labute approximate surface area is 121 Å². The molecular formula is C15H14N2O4. The van der Waals surface area contributed by atoms with Gasteiger partial charge in [0.15, 0.2) is 0 Å².